The Morgan fingerprint density at radius 1 is 1.41 bits per heavy atom. The second-order valence-electron chi connectivity index (χ2n) is 4.42. The van der Waals surface area contributed by atoms with E-state index in [1.54, 1.807) is 4.99 Å². The van der Waals surface area contributed by atoms with E-state index in [0.29, 0.717) is 11.6 Å². The van der Waals surface area contributed by atoms with Crippen LogP contribution in [0.3, 0.4) is 0 Å². The number of carbonyl (C=O) groups excluding carboxylic acids is 1. The average Bonchev–Trinajstić information content (AvgIpc) is 2.75. The van der Waals surface area contributed by atoms with Gasteiger partial charge in [-0.1, -0.05) is 33.7 Å². The van der Waals surface area contributed by atoms with Crippen molar-refractivity contribution in [2.75, 3.05) is 6.54 Å². The van der Waals surface area contributed by atoms with Crippen LogP contribution in [0.4, 0.5) is 0 Å². The number of hydrogen-bond acceptors (Lipinski definition) is 1. The second kappa shape index (κ2) is 6.80. The SMILES string of the molecule is C\C=C(C)/C=C\C(=C\Br)C(=O)N1CCCC1C. The van der Waals surface area contributed by atoms with Crippen LogP contribution in [0.15, 0.2) is 34.4 Å². The van der Waals surface area contributed by atoms with E-state index in [2.05, 4.69) is 22.9 Å². The Hall–Kier alpha value is -0.830. The molecular formula is C14H20BrNO. The van der Waals surface area contributed by atoms with Crippen molar-refractivity contribution in [2.24, 2.45) is 0 Å². The molecule has 0 aliphatic carbocycles. The molecule has 0 bridgehead atoms. The molecule has 0 spiro atoms. The third kappa shape index (κ3) is 3.84. The number of allylic oxidation sites excluding steroid dienone is 3. The molecule has 1 fully saturated rings. The molecule has 1 unspecified atom stereocenters. The highest BCUT2D eigenvalue weighted by Gasteiger charge is 2.26. The standard InChI is InChI=1S/C14H20BrNO/c1-4-11(2)7-8-13(10-15)14(17)16-9-5-6-12(16)3/h4,7-8,10,12H,5-6,9H2,1-3H3/b8-7-,11-4-,13-10-. The molecule has 0 radical (unpaired) electrons. The molecule has 0 aromatic rings. The molecule has 3 heteroatoms. The third-order valence-corrected chi connectivity index (χ3v) is 3.65. The van der Waals surface area contributed by atoms with E-state index in [9.17, 15) is 4.79 Å². The second-order valence-corrected chi connectivity index (χ2v) is 4.88. The highest BCUT2D eigenvalue weighted by atomic mass is 79.9. The summed E-state index contributed by atoms with van der Waals surface area (Å²) in [5.74, 6) is 0.118. The highest BCUT2D eigenvalue weighted by molar-refractivity contribution is 9.11. The monoisotopic (exact) mass is 297 g/mol. The number of rotatable bonds is 3. The fraction of sp³-hybridized carbons (Fsp3) is 0.500. The number of likely N-dealkylation sites (tertiary alicyclic amines) is 1. The van der Waals surface area contributed by atoms with Crippen molar-refractivity contribution >= 4 is 21.8 Å². The van der Waals surface area contributed by atoms with Crippen molar-refractivity contribution in [1.82, 2.24) is 4.90 Å². The first-order valence-corrected chi connectivity index (χ1v) is 6.94. The van der Waals surface area contributed by atoms with E-state index < -0.39 is 0 Å². The summed E-state index contributed by atoms with van der Waals surface area (Å²) in [6, 6.07) is 0.362. The van der Waals surface area contributed by atoms with Gasteiger partial charge in [0, 0.05) is 18.2 Å². The largest absolute Gasteiger partial charge is 0.336 e. The van der Waals surface area contributed by atoms with Gasteiger partial charge in [-0.25, -0.2) is 0 Å². The Kier molecular flexibility index (Phi) is 5.69. The number of amides is 1. The van der Waals surface area contributed by atoms with Crippen molar-refractivity contribution in [3.05, 3.63) is 34.4 Å². The molecule has 0 aromatic carbocycles. The zero-order chi connectivity index (χ0) is 12.8. The van der Waals surface area contributed by atoms with E-state index >= 15 is 0 Å². The van der Waals surface area contributed by atoms with Gasteiger partial charge in [-0.05, 0) is 44.7 Å². The molecule has 1 rings (SSSR count). The Bertz CT molecular complexity index is 368. The number of halogens is 1. The molecule has 2 nitrogen and oxygen atoms in total. The normalized spacial score (nSPS) is 22.6. The summed E-state index contributed by atoms with van der Waals surface area (Å²) in [7, 11) is 0. The van der Waals surface area contributed by atoms with Gasteiger partial charge in [-0.2, -0.15) is 0 Å². The van der Waals surface area contributed by atoms with Crippen molar-refractivity contribution in [1.29, 1.82) is 0 Å². The van der Waals surface area contributed by atoms with Crippen molar-refractivity contribution in [3.8, 4) is 0 Å². The Morgan fingerprint density at radius 3 is 2.59 bits per heavy atom. The lowest BCUT2D eigenvalue weighted by molar-refractivity contribution is -0.127. The smallest absolute Gasteiger partial charge is 0.254 e. The maximum atomic E-state index is 12.2. The van der Waals surface area contributed by atoms with Crippen LogP contribution in [0, 0.1) is 0 Å². The number of carbonyl (C=O) groups is 1. The molecule has 1 aliphatic rings. The number of hydrogen-bond donors (Lipinski definition) is 0. The molecule has 17 heavy (non-hydrogen) atoms. The first-order chi connectivity index (χ1) is 8.10. The minimum atomic E-state index is 0.118. The zero-order valence-corrected chi connectivity index (χ0v) is 12.3. The topological polar surface area (TPSA) is 20.3 Å². The Balaban J connectivity index is 2.75. The fourth-order valence-electron chi connectivity index (χ4n) is 1.87. The van der Waals surface area contributed by atoms with Crippen LogP contribution in [-0.4, -0.2) is 23.4 Å². The lowest BCUT2D eigenvalue weighted by atomic mass is 10.2. The van der Waals surface area contributed by atoms with Gasteiger partial charge in [-0.3, -0.25) is 4.79 Å². The summed E-state index contributed by atoms with van der Waals surface area (Å²) >= 11 is 3.28. The van der Waals surface area contributed by atoms with Gasteiger partial charge < -0.3 is 4.90 Å². The summed E-state index contributed by atoms with van der Waals surface area (Å²) in [5, 5.41) is 0. The predicted molar refractivity (Wildman–Crippen MR) is 76.0 cm³/mol. The van der Waals surface area contributed by atoms with E-state index in [-0.39, 0.29) is 5.91 Å². The van der Waals surface area contributed by atoms with Gasteiger partial charge in [-0.15, -0.1) is 0 Å². The summed E-state index contributed by atoms with van der Waals surface area (Å²) in [6.07, 6.45) is 8.08. The quantitative estimate of drug-likeness (QED) is 0.573. The average molecular weight is 298 g/mol. The summed E-state index contributed by atoms with van der Waals surface area (Å²) in [6.45, 7) is 6.99. The van der Waals surface area contributed by atoms with E-state index in [0.717, 1.165) is 25.0 Å². The molecule has 0 saturated carbocycles. The van der Waals surface area contributed by atoms with Crippen LogP contribution in [0.2, 0.25) is 0 Å². The van der Waals surface area contributed by atoms with Crippen LogP contribution >= 0.6 is 15.9 Å². The molecule has 1 amide bonds. The third-order valence-electron chi connectivity index (χ3n) is 3.16. The zero-order valence-electron chi connectivity index (χ0n) is 10.7. The molecule has 94 valence electrons. The van der Waals surface area contributed by atoms with Crippen molar-refractivity contribution in [3.63, 3.8) is 0 Å². The number of nitrogens with zero attached hydrogens (tertiary/aromatic N) is 1. The molecule has 1 saturated heterocycles. The van der Waals surface area contributed by atoms with Gasteiger partial charge in [0.1, 0.15) is 0 Å². The lowest BCUT2D eigenvalue weighted by Crippen LogP contribution is -2.34. The molecule has 1 heterocycles. The van der Waals surface area contributed by atoms with Gasteiger partial charge in [0.05, 0.1) is 0 Å². The first kappa shape index (κ1) is 14.2. The predicted octanol–water partition coefficient (Wildman–Crippen LogP) is 3.80. The molecule has 1 atom stereocenters. The molecular weight excluding hydrogens is 278 g/mol. The maximum absolute atomic E-state index is 12.2. The highest BCUT2D eigenvalue weighted by Crippen LogP contribution is 2.20. The summed E-state index contributed by atoms with van der Waals surface area (Å²) in [5.41, 5.74) is 1.86. The van der Waals surface area contributed by atoms with E-state index in [1.165, 1.54) is 0 Å². The van der Waals surface area contributed by atoms with Gasteiger partial charge in [0.15, 0.2) is 0 Å². The Morgan fingerprint density at radius 2 is 2.12 bits per heavy atom. The van der Waals surface area contributed by atoms with Gasteiger partial charge >= 0.3 is 0 Å². The van der Waals surface area contributed by atoms with E-state index in [4.69, 9.17) is 0 Å². The minimum Gasteiger partial charge on any atom is -0.336 e. The Labute approximate surface area is 112 Å². The van der Waals surface area contributed by atoms with Crippen LogP contribution in [0.1, 0.15) is 33.6 Å². The van der Waals surface area contributed by atoms with E-state index in [1.807, 2.05) is 37.0 Å². The molecule has 0 N–H and O–H groups in total. The van der Waals surface area contributed by atoms with Gasteiger partial charge in [0.25, 0.3) is 5.91 Å². The van der Waals surface area contributed by atoms with Gasteiger partial charge in [0.2, 0.25) is 0 Å². The van der Waals surface area contributed by atoms with Crippen molar-refractivity contribution < 1.29 is 4.79 Å². The van der Waals surface area contributed by atoms with Crippen molar-refractivity contribution in [2.45, 2.75) is 39.7 Å². The molecule has 0 aromatic heterocycles. The molecule has 1 aliphatic heterocycles. The van der Waals surface area contributed by atoms with Crippen LogP contribution in [0.5, 0.6) is 0 Å². The maximum Gasteiger partial charge on any atom is 0.254 e. The summed E-state index contributed by atoms with van der Waals surface area (Å²) < 4.78 is 0. The van der Waals surface area contributed by atoms with Crippen LogP contribution in [-0.2, 0) is 4.79 Å². The van der Waals surface area contributed by atoms with Crippen LogP contribution < -0.4 is 0 Å². The lowest BCUT2D eigenvalue weighted by Gasteiger charge is -2.21. The van der Waals surface area contributed by atoms with Crippen LogP contribution in [0.25, 0.3) is 0 Å². The summed E-state index contributed by atoms with van der Waals surface area (Å²) in [4.78, 5) is 15.9. The fourth-order valence-corrected chi connectivity index (χ4v) is 2.22. The first-order valence-electron chi connectivity index (χ1n) is 6.02. The minimum absolute atomic E-state index is 0.118.